The van der Waals surface area contributed by atoms with Crippen molar-refractivity contribution < 1.29 is 14.3 Å². The second-order valence-corrected chi connectivity index (χ2v) is 7.48. The molecule has 2 heterocycles. The molecule has 0 bridgehead atoms. The number of fused-ring (bicyclic) bond motifs is 1. The first-order valence-electron chi connectivity index (χ1n) is 9.30. The third-order valence-corrected chi connectivity index (χ3v) is 5.47. The summed E-state index contributed by atoms with van der Waals surface area (Å²) in [5, 5.41) is 3.47. The summed E-state index contributed by atoms with van der Waals surface area (Å²) in [4.78, 5) is 15.2. The fourth-order valence-corrected chi connectivity index (χ4v) is 3.95. The summed E-state index contributed by atoms with van der Waals surface area (Å²) in [6.07, 6.45) is 2.40. The van der Waals surface area contributed by atoms with Crippen molar-refractivity contribution in [1.29, 1.82) is 0 Å². The number of hydrogen-bond donors (Lipinski definition) is 1. The number of carbonyl (C=O) groups excluding carboxylic acids is 1. The molecule has 5 nitrogen and oxygen atoms in total. The number of nitrogens with zero attached hydrogens (tertiary/aromatic N) is 1. The Morgan fingerprint density at radius 1 is 1.19 bits per heavy atom. The van der Waals surface area contributed by atoms with Crippen molar-refractivity contribution in [3.63, 3.8) is 0 Å². The highest BCUT2D eigenvalue weighted by Gasteiger charge is 2.25. The third kappa shape index (κ3) is 3.89. The van der Waals surface area contributed by atoms with Crippen LogP contribution < -0.4 is 14.8 Å². The van der Waals surface area contributed by atoms with Gasteiger partial charge in [0.25, 0.3) is 5.91 Å². The monoisotopic (exact) mass is 386 g/mol. The Labute approximate surface area is 164 Å². The van der Waals surface area contributed by atoms with E-state index >= 15 is 0 Å². The van der Waals surface area contributed by atoms with E-state index in [-0.39, 0.29) is 18.7 Å². The zero-order valence-electron chi connectivity index (χ0n) is 15.3. The molecule has 6 heteroatoms. The van der Waals surface area contributed by atoms with Crippen LogP contribution in [-0.2, 0) is 0 Å². The highest BCUT2D eigenvalue weighted by Crippen LogP contribution is 2.39. The average Bonchev–Trinajstić information content (AvgIpc) is 3.35. The lowest BCUT2D eigenvalue weighted by atomic mass is 10.0. The molecular weight excluding hydrogens is 364 g/mol. The number of ether oxygens (including phenoxy) is 2. The van der Waals surface area contributed by atoms with E-state index in [0.717, 1.165) is 13.1 Å². The van der Waals surface area contributed by atoms with Crippen molar-refractivity contribution in [3.05, 3.63) is 58.1 Å². The maximum absolute atomic E-state index is 12.7. The maximum atomic E-state index is 12.7. The third-order valence-electron chi connectivity index (χ3n) is 5.19. The van der Waals surface area contributed by atoms with Crippen LogP contribution in [0.25, 0.3) is 0 Å². The number of aryl methyl sites for hydroxylation is 1. The minimum atomic E-state index is -0.161. The number of amides is 1. The van der Waals surface area contributed by atoms with Gasteiger partial charge in [0.15, 0.2) is 11.5 Å². The van der Waals surface area contributed by atoms with Gasteiger partial charge in [0.2, 0.25) is 6.79 Å². The topological polar surface area (TPSA) is 50.8 Å². The van der Waals surface area contributed by atoms with Gasteiger partial charge in [-0.1, -0.05) is 41.4 Å². The van der Waals surface area contributed by atoms with E-state index < -0.39 is 0 Å². The number of hydrogen-bond acceptors (Lipinski definition) is 4. The number of halogens is 1. The van der Waals surface area contributed by atoms with Crippen molar-refractivity contribution in [1.82, 2.24) is 10.2 Å². The standard InChI is InChI=1S/C21H23ClN2O3/c1-14-4-6-15(7-5-14)18(24-8-2-3-9-24)12-23-21(25)16-10-17(22)20-19(11-16)26-13-27-20/h4-7,10-11,18H,2-3,8-9,12-13H2,1H3,(H,23,25). The predicted molar refractivity (Wildman–Crippen MR) is 105 cm³/mol. The van der Waals surface area contributed by atoms with Gasteiger partial charge in [-0.2, -0.15) is 0 Å². The molecule has 2 aromatic rings. The summed E-state index contributed by atoms with van der Waals surface area (Å²) in [6, 6.07) is 12.0. The molecule has 0 radical (unpaired) electrons. The van der Waals surface area contributed by atoms with E-state index in [1.807, 2.05) is 0 Å². The molecule has 2 aliphatic heterocycles. The molecule has 142 valence electrons. The highest BCUT2D eigenvalue weighted by atomic mass is 35.5. The normalized spacial score (nSPS) is 17.1. The van der Waals surface area contributed by atoms with Gasteiger partial charge in [-0.05, 0) is 50.6 Å². The van der Waals surface area contributed by atoms with E-state index in [4.69, 9.17) is 21.1 Å². The number of nitrogens with one attached hydrogen (secondary N) is 1. The Kier molecular flexibility index (Phi) is 5.23. The van der Waals surface area contributed by atoms with Gasteiger partial charge >= 0.3 is 0 Å². The molecular formula is C21H23ClN2O3. The Morgan fingerprint density at radius 2 is 1.93 bits per heavy atom. The highest BCUT2D eigenvalue weighted by molar-refractivity contribution is 6.32. The van der Waals surface area contributed by atoms with Crippen LogP contribution in [0.4, 0.5) is 0 Å². The summed E-state index contributed by atoms with van der Waals surface area (Å²) in [7, 11) is 0. The lowest BCUT2D eigenvalue weighted by Crippen LogP contribution is -2.36. The van der Waals surface area contributed by atoms with Gasteiger partial charge in [0.05, 0.1) is 11.1 Å². The first-order chi connectivity index (χ1) is 13.1. The van der Waals surface area contributed by atoms with Gasteiger partial charge in [0.1, 0.15) is 0 Å². The summed E-state index contributed by atoms with van der Waals surface area (Å²) >= 11 is 6.20. The SMILES string of the molecule is Cc1ccc(C(CNC(=O)c2cc(Cl)c3c(c2)OCO3)N2CCCC2)cc1. The molecule has 0 spiro atoms. The number of carbonyl (C=O) groups is 1. The van der Waals surface area contributed by atoms with Gasteiger partial charge in [-0.25, -0.2) is 0 Å². The molecule has 1 unspecified atom stereocenters. The van der Waals surface area contributed by atoms with Crippen LogP contribution in [0, 0.1) is 6.92 Å². The van der Waals surface area contributed by atoms with Crippen LogP contribution in [-0.4, -0.2) is 37.2 Å². The number of benzene rings is 2. The molecule has 27 heavy (non-hydrogen) atoms. The largest absolute Gasteiger partial charge is 0.454 e. The van der Waals surface area contributed by atoms with Gasteiger partial charge in [-0.15, -0.1) is 0 Å². The van der Waals surface area contributed by atoms with Crippen LogP contribution >= 0.6 is 11.6 Å². The minimum Gasteiger partial charge on any atom is -0.454 e. The molecule has 1 N–H and O–H groups in total. The first-order valence-corrected chi connectivity index (χ1v) is 9.67. The van der Waals surface area contributed by atoms with E-state index in [2.05, 4.69) is 41.4 Å². The second-order valence-electron chi connectivity index (χ2n) is 7.07. The Balaban J connectivity index is 1.49. The smallest absolute Gasteiger partial charge is 0.251 e. The van der Waals surface area contributed by atoms with E-state index in [9.17, 15) is 4.79 Å². The number of rotatable bonds is 5. The molecule has 0 aromatic heterocycles. The summed E-state index contributed by atoms with van der Waals surface area (Å²) < 4.78 is 10.7. The molecule has 4 rings (SSSR count). The van der Waals surface area contributed by atoms with Gasteiger partial charge in [0, 0.05) is 12.1 Å². The lowest BCUT2D eigenvalue weighted by Gasteiger charge is -2.28. The minimum absolute atomic E-state index is 0.130. The van der Waals surface area contributed by atoms with Crippen molar-refractivity contribution in [3.8, 4) is 11.5 Å². The molecule has 2 aliphatic rings. The van der Waals surface area contributed by atoms with E-state index in [0.29, 0.717) is 28.6 Å². The fourth-order valence-electron chi connectivity index (χ4n) is 3.69. The van der Waals surface area contributed by atoms with E-state index in [1.54, 1.807) is 12.1 Å². The Hall–Kier alpha value is -2.24. The van der Waals surface area contributed by atoms with Crippen molar-refractivity contribution in [2.24, 2.45) is 0 Å². The zero-order chi connectivity index (χ0) is 18.8. The molecule has 2 aromatic carbocycles. The van der Waals surface area contributed by atoms with Crippen LogP contribution in [0.2, 0.25) is 5.02 Å². The fraction of sp³-hybridized carbons (Fsp3) is 0.381. The maximum Gasteiger partial charge on any atom is 0.251 e. The van der Waals surface area contributed by atoms with Crippen LogP contribution in [0.3, 0.4) is 0 Å². The molecule has 1 fully saturated rings. The number of likely N-dealkylation sites (tertiary alicyclic amines) is 1. The van der Waals surface area contributed by atoms with Crippen LogP contribution in [0.5, 0.6) is 11.5 Å². The first kappa shape index (κ1) is 18.1. The Bertz CT molecular complexity index is 832. The second kappa shape index (κ2) is 7.79. The van der Waals surface area contributed by atoms with Gasteiger partial charge < -0.3 is 14.8 Å². The summed E-state index contributed by atoms with van der Waals surface area (Å²) in [5.41, 5.74) is 2.94. The molecule has 1 amide bonds. The summed E-state index contributed by atoms with van der Waals surface area (Å²) in [5.74, 6) is 0.858. The molecule has 0 saturated carbocycles. The molecule has 0 aliphatic carbocycles. The zero-order valence-corrected chi connectivity index (χ0v) is 16.1. The quantitative estimate of drug-likeness (QED) is 0.845. The Morgan fingerprint density at radius 3 is 2.67 bits per heavy atom. The van der Waals surface area contributed by atoms with Gasteiger partial charge in [-0.3, -0.25) is 9.69 Å². The summed E-state index contributed by atoms with van der Waals surface area (Å²) in [6.45, 7) is 4.88. The van der Waals surface area contributed by atoms with E-state index in [1.165, 1.54) is 24.0 Å². The van der Waals surface area contributed by atoms with Crippen LogP contribution in [0.15, 0.2) is 36.4 Å². The van der Waals surface area contributed by atoms with Crippen molar-refractivity contribution >= 4 is 17.5 Å². The van der Waals surface area contributed by atoms with Crippen LogP contribution in [0.1, 0.15) is 40.4 Å². The molecule has 1 saturated heterocycles. The van der Waals surface area contributed by atoms with Crippen molar-refractivity contribution in [2.75, 3.05) is 26.4 Å². The molecule has 1 atom stereocenters. The average molecular weight is 387 g/mol. The predicted octanol–water partition coefficient (Wildman–Crippen LogP) is 3.94. The lowest BCUT2D eigenvalue weighted by molar-refractivity contribution is 0.0937. The van der Waals surface area contributed by atoms with Crippen molar-refractivity contribution in [2.45, 2.75) is 25.8 Å².